The third-order valence-corrected chi connectivity index (χ3v) is 5.89. The Balaban J connectivity index is 1.84. The van der Waals surface area contributed by atoms with Crippen LogP contribution in [-0.4, -0.2) is 67.9 Å². The molecule has 1 saturated carbocycles. The molecule has 0 spiro atoms. The smallest absolute Gasteiger partial charge is 0.306 e. The molecule has 0 aromatic heterocycles. The van der Waals surface area contributed by atoms with Crippen molar-refractivity contribution in [2.75, 3.05) is 25.4 Å². The van der Waals surface area contributed by atoms with Crippen LogP contribution in [0, 0.1) is 5.92 Å². The highest BCUT2D eigenvalue weighted by molar-refractivity contribution is 7.90. The standard InChI is InChI=1S/C15H26N2O6S/c1-11-2-4-12(5-3-11)16-24(21,22)10-14(18)17-6-7-23-13(9-17)8-15(19)20/h11-13,16H,2-10H2,1H3,(H,19,20). The second kappa shape index (κ2) is 8.26. The number of nitrogens with zero attached hydrogens (tertiary/aromatic N) is 1. The average molecular weight is 362 g/mol. The second-order valence-electron chi connectivity index (χ2n) is 6.76. The zero-order valence-electron chi connectivity index (χ0n) is 13.9. The van der Waals surface area contributed by atoms with Gasteiger partial charge in [0.1, 0.15) is 5.75 Å². The topological polar surface area (TPSA) is 113 Å². The highest BCUT2D eigenvalue weighted by Gasteiger charge is 2.30. The van der Waals surface area contributed by atoms with Crippen molar-refractivity contribution < 1.29 is 27.9 Å². The number of rotatable bonds is 6. The number of hydrogen-bond acceptors (Lipinski definition) is 5. The number of morpholine rings is 1. The lowest BCUT2D eigenvalue weighted by molar-refractivity contribution is -0.146. The van der Waals surface area contributed by atoms with Crippen LogP contribution in [0.15, 0.2) is 0 Å². The summed E-state index contributed by atoms with van der Waals surface area (Å²) in [5.41, 5.74) is 0. The maximum absolute atomic E-state index is 12.2. The number of sulfonamides is 1. The molecule has 2 aliphatic rings. The van der Waals surface area contributed by atoms with Gasteiger partial charge in [0.25, 0.3) is 0 Å². The van der Waals surface area contributed by atoms with Crippen molar-refractivity contribution in [2.45, 2.75) is 51.2 Å². The summed E-state index contributed by atoms with van der Waals surface area (Å²) < 4.78 is 32.3. The molecule has 9 heteroatoms. The minimum atomic E-state index is -3.69. The molecule has 2 rings (SSSR count). The van der Waals surface area contributed by atoms with E-state index in [0.29, 0.717) is 5.92 Å². The predicted molar refractivity (Wildman–Crippen MR) is 86.9 cm³/mol. The molecule has 0 radical (unpaired) electrons. The molecule has 0 aromatic carbocycles. The molecule has 1 amide bonds. The number of ether oxygens (including phenoxy) is 1. The summed E-state index contributed by atoms with van der Waals surface area (Å²) in [7, 11) is -3.69. The fourth-order valence-corrected chi connectivity index (χ4v) is 4.53. The van der Waals surface area contributed by atoms with Crippen LogP contribution < -0.4 is 4.72 Å². The van der Waals surface area contributed by atoms with Gasteiger partial charge in [0.15, 0.2) is 0 Å². The molecule has 1 aliphatic heterocycles. The highest BCUT2D eigenvalue weighted by atomic mass is 32.2. The summed E-state index contributed by atoms with van der Waals surface area (Å²) in [4.78, 5) is 24.3. The number of carboxylic acids is 1. The lowest BCUT2D eigenvalue weighted by Gasteiger charge is -2.32. The van der Waals surface area contributed by atoms with E-state index in [1.807, 2.05) is 0 Å². The van der Waals surface area contributed by atoms with Crippen LogP contribution in [0.25, 0.3) is 0 Å². The largest absolute Gasteiger partial charge is 0.481 e. The summed E-state index contributed by atoms with van der Waals surface area (Å²) in [6.07, 6.45) is 2.79. The van der Waals surface area contributed by atoms with Gasteiger partial charge in [-0.05, 0) is 31.6 Å². The zero-order valence-corrected chi connectivity index (χ0v) is 14.8. The molecule has 2 fully saturated rings. The average Bonchev–Trinajstić information content (AvgIpc) is 2.48. The molecule has 1 aliphatic carbocycles. The third kappa shape index (κ3) is 6.03. The SMILES string of the molecule is CC1CCC(NS(=O)(=O)CC(=O)N2CCOC(CC(=O)O)C2)CC1. The van der Waals surface area contributed by atoms with E-state index in [0.717, 1.165) is 25.7 Å². The van der Waals surface area contributed by atoms with Crippen LogP contribution in [0.1, 0.15) is 39.0 Å². The Morgan fingerprint density at radius 1 is 1.25 bits per heavy atom. The quantitative estimate of drug-likeness (QED) is 0.697. The Morgan fingerprint density at radius 2 is 1.92 bits per heavy atom. The highest BCUT2D eigenvalue weighted by Crippen LogP contribution is 2.23. The van der Waals surface area contributed by atoms with E-state index >= 15 is 0 Å². The molecular weight excluding hydrogens is 336 g/mol. The predicted octanol–water partition coefficient (Wildman–Crippen LogP) is 0.187. The molecule has 0 bridgehead atoms. The Bertz CT molecular complexity index is 556. The van der Waals surface area contributed by atoms with Crippen LogP contribution in [-0.2, 0) is 24.3 Å². The zero-order chi connectivity index (χ0) is 17.7. The molecular formula is C15H26N2O6S. The molecule has 1 unspecified atom stereocenters. The van der Waals surface area contributed by atoms with Gasteiger partial charge in [0.05, 0.1) is 19.1 Å². The molecule has 0 aromatic rings. The van der Waals surface area contributed by atoms with Crippen molar-refractivity contribution in [1.82, 2.24) is 9.62 Å². The fourth-order valence-electron chi connectivity index (χ4n) is 3.19. The minimum absolute atomic E-state index is 0.0940. The number of amides is 1. The van der Waals surface area contributed by atoms with Gasteiger partial charge < -0.3 is 14.7 Å². The van der Waals surface area contributed by atoms with Crippen molar-refractivity contribution >= 4 is 21.9 Å². The van der Waals surface area contributed by atoms with E-state index in [1.54, 1.807) is 0 Å². The molecule has 1 saturated heterocycles. The van der Waals surface area contributed by atoms with Crippen LogP contribution in [0.4, 0.5) is 0 Å². The number of carbonyl (C=O) groups excluding carboxylic acids is 1. The second-order valence-corrected chi connectivity index (χ2v) is 8.52. The first-order valence-corrected chi connectivity index (χ1v) is 10.0. The third-order valence-electron chi connectivity index (χ3n) is 4.57. The summed E-state index contributed by atoms with van der Waals surface area (Å²) in [5.74, 6) is -1.49. The Labute approximate surface area is 142 Å². The van der Waals surface area contributed by atoms with E-state index in [1.165, 1.54) is 4.90 Å². The normalized spacial score (nSPS) is 28.5. The summed E-state index contributed by atoms with van der Waals surface area (Å²) >= 11 is 0. The van der Waals surface area contributed by atoms with E-state index in [4.69, 9.17) is 9.84 Å². The van der Waals surface area contributed by atoms with Gasteiger partial charge in [0, 0.05) is 19.1 Å². The molecule has 138 valence electrons. The number of nitrogens with one attached hydrogen (secondary N) is 1. The maximum Gasteiger partial charge on any atom is 0.306 e. The Hall–Kier alpha value is -1.19. The first-order valence-electron chi connectivity index (χ1n) is 8.36. The first-order chi connectivity index (χ1) is 11.2. The molecule has 24 heavy (non-hydrogen) atoms. The van der Waals surface area contributed by atoms with Crippen molar-refractivity contribution in [1.29, 1.82) is 0 Å². The van der Waals surface area contributed by atoms with Crippen LogP contribution >= 0.6 is 0 Å². The molecule has 1 atom stereocenters. The van der Waals surface area contributed by atoms with Crippen LogP contribution in [0.3, 0.4) is 0 Å². The van der Waals surface area contributed by atoms with E-state index in [2.05, 4.69) is 11.6 Å². The fraction of sp³-hybridized carbons (Fsp3) is 0.867. The van der Waals surface area contributed by atoms with Gasteiger partial charge in [0.2, 0.25) is 15.9 Å². The maximum atomic E-state index is 12.2. The van der Waals surface area contributed by atoms with Crippen LogP contribution in [0.2, 0.25) is 0 Å². The Kier molecular flexibility index (Phi) is 6.59. The Morgan fingerprint density at radius 3 is 2.54 bits per heavy atom. The van der Waals surface area contributed by atoms with Gasteiger partial charge in [-0.2, -0.15) is 0 Å². The van der Waals surface area contributed by atoms with E-state index < -0.39 is 33.8 Å². The summed E-state index contributed by atoms with van der Waals surface area (Å²) in [6.45, 7) is 2.77. The number of aliphatic carboxylic acids is 1. The van der Waals surface area contributed by atoms with E-state index in [-0.39, 0.29) is 32.2 Å². The van der Waals surface area contributed by atoms with Gasteiger partial charge >= 0.3 is 5.97 Å². The van der Waals surface area contributed by atoms with Crippen LogP contribution in [0.5, 0.6) is 0 Å². The van der Waals surface area contributed by atoms with Gasteiger partial charge in [-0.15, -0.1) is 0 Å². The van der Waals surface area contributed by atoms with Gasteiger partial charge in [-0.25, -0.2) is 13.1 Å². The van der Waals surface area contributed by atoms with Crippen molar-refractivity contribution in [3.8, 4) is 0 Å². The lowest BCUT2D eigenvalue weighted by atomic mass is 9.88. The monoisotopic (exact) mass is 362 g/mol. The summed E-state index contributed by atoms with van der Waals surface area (Å²) in [6, 6.07) is -0.0940. The first kappa shape index (κ1) is 19.1. The lowest BCUT2D eigenvalue weighted by Crippen LogP contribution is -2.49. The molecule has 2 N–H and O–H groups in total. The van der Waals surface area contributed by atoms with E-state index in [9.17, 15) is 18.0 Å². The molecule has 1 heterocycles. The van der Waals surface area contributed by atoms with Crippen molar-refractivity contribution in [3.05, 3.63) is 0 Å². The number of carboxylic acid groups (broad SMARTS) is 1. The number of hydrogen-bond donors (Lipinski definition) is 2. The summed E-state index contributed by atoms with van der Waals surface area (Å²) in [5, 5.41) is 8.79. The minimum Gasteiger partial charge on any atom is -0.481 e. The molecule has 8 nitrogen and oxygen atoms in total. The van der Waals surface area contributed by atoms with Crippen molar-refractivity contribution in [2.24, 2.45) is 5.92 Å². The number of carbonyl (C=O) groups is 2. The van der Waals surface area contributed by atoms with Crippen molar-refractivity contribution in [3.63, 3.8) is 0 Å². The van der Waals surface area contributed by atoms with Gasteiger partial charge in [-0.1, -0.05) is 6.92 Å². The van der Waals surface area contributed by atoms with Gasteiger partial charge in [-0.3, -0.25) is 9.59 Å².